The van der Waals surface area contributed by atoms with Gasteiger partial charge in [-0.25, -0.2) is 4.79 Å². The molecule has 1 fully saturated rings. The maximum atomic E-state index is 12.2. The van der Waals surface area contributed by atoms with E-state index in [-0.39, 0.29) is 6.09 Å². The van der Waals surface area contributed by atoms with Crippen LogP contribution in [0.5, 0.6) is 0 Å². The number of aryl methyl sites for hydroxylation is 1. The molecule has 0 aliphatic carbocycles. The predicted molar refractivity (Wildman–Crippen MR) is 91.3 cm³/mol. The summed E-state index contributed by atoms with van der Waals surface area (Å²) in [5.41, 5.74) is 1.81. The molecule has 2 heterocycles. The summed E-state index contributed by atoms with van der Waals surface area (Å²) in [5, 5.41) is 3.59. The molecule has 1 aliphatic heterocycles. The second kappa shape index (κ2) is 7.77. The van der Waals surface area contributed by atoms with Gasteiger partial charge in [0.05, 0.1) is 0 Å². The van der Waals surface area contributed by atoms with Crippen LogP contribution in [0.25, 0.3) is 0 Å². The molecule has 1 aromatic heterocycles. The van der Waals surface area contributed by atoms with Crippen molar-refractivity contribution in [1.82, 2.24) is 15.2 Å². The lowest BCUT2D eigenvalue weighted by Crippen LogP contribution is -2.38. The van der Waals surface area contributed by atoms with Gasteiger partial charge in [0.2, 0.25) is 0 Å². The van der Waals surface area contributed by atoms with E-state index in [9.17, 15) is 4.79 Å². The minimum atomic E-state index is -0.431. The van der Waals surface area contributed by atoms with E-state index in [1.54, 1.807) is 0 Å². The Morgan fingerprint density at radius 3 is 2.78 bits per heavy atom. The number of hydrogen-bond acceptors (Lipinski definition) is 4. The number of carbonyl (C=O) groups excluding carboxylic acids is 1. The van der Waals surface area contributed by atoms with E-state index in [1.165, 1.54) is 5.56 Å². The number of hydrogen-bond donors (Lipinski definition) is 1. The topological polar surface area (TPSA) is 54.5 Å². The first-order valence-electron chi connectivity index (χ1n) is 8.46. The van der Waals surface area contributed by atoms with Crippen LogP contribution in [-0.4, -0.2) is 40.7 Å². The van der Waals surface area contributed by atoms with Gasteiger partial charge in [-0.2, -0.15) is 0 Å². The molecule has 0 aromatic carbocycles. The van der Waals surface area contributed by atoms with Crippen molar-refractivity contribution in [3.05, 3.63) is 29.6 Å². The average Bonchev–Trinajstić information content (AvgIpc) is 2.70. The number of nitrogens with one attached hydrogen (secondary N) is 1. The van der Waals surface area contributed by atoms with Gasteiger partial charge in [0.25, 0.3) is 0 Å². The number of nitrogens with zero attached hydrogens (tertiary/aromatic N) is 2. The summed E-state index contributed by atoms with van der Waals surface area (Å²) in [6, 6.07) is 4.58. The lowest BCUT2D eigenvalue weighted by Gasteiger charge is -2.26. The molecular formula is C18H29N3O2. The highest BCUT2D eigenvalue weighted by Crippen LogP contribution is 2.16. The van der Waals surface area contributed by atoms with Crippen LogP contribution in [0, 0.1) is 6.92 Å². The molecule has 0 saturated carbocycles. The SMILES string of the molecule is Cc1ccc(CNC2CCCN(C(=O)OC(C)(C)C)CC2)cn1. The van der Waals surface area contributed by atoms with Crippen LogP contribution in [0.15, 0.2) is 18.3 Å². The fourth-order valence-corrected chi connectivity index (χ4v) is 2.67. The molecule has 1 saturated heterocycles. The Bertz CT molecular complexity index is 508. The van der Waals surface area contributed by atoms with E-state index in [2.05, 4.69) is 16.4 Å². The van der Waals surface area contributed by atoms with Gasteiger partial charge in [-0.3, -0.25) is 4.98 Å². The molecule has 0 bridgehead atoms. The summed E-state index contributed by atoms with van der Waals surface area (Å²) in [5.74, 6) is 0. The lowest BCUT2D eigenvalue weighted by molar-refractivity contribution is 0.0256. The quantitative estimate of drug-likeness (QED) is 0.929. The number of rotatable bonds is 3. The highest BCUT2D eigenvalue weighted by atomic mass is 16.6. The van der Waals surface area contributed by atoms with Crippen molar-refractivity contribution in [3.63, 3.8) is 0 Å². The summed E-state index contributed by atoms with van der Waals surface area (Å²) in [6.07, 6.45) is 4.77. The minimum Gasteiger partial charge on any atom is -0.444 e. The van der Waals surface area contributed by atoms with E-state index in [4.69, 9.17) is 4.74 Å². The predicted octanol–water partition coefficient (Wildman–Crippen LogP) is 3.27. The molecule has 5 heteroatoms. The Kier molecular flexibility index (Phi) is 5.99. The molecule has 1 unspecified atom stereocenters. The maximum absolute atomic E-state index is 12.2. The lowest BCUT2D eigenvalue weighted by atomic mass is 10.1. The molecule has 1 aliphatic rings. The summed E-state index contributed by atoms with van der Waals surface area (Å²) in [6.45, 7) is 10.1. The van der Waals surface area contributed by atoms with Crippen molar-refractivity contribution in [1.29, 1.82) is 0 Å². The summed E-state index contributed by atoms with van der Waals surface area (Å²) in [7, 11) is 0. The Labute approximate surface area is 139 Å². The van der Waals surface area contributed by atoms with Crippen LogP contribution >= 0.6 is 0 Å². The zero-order valence-electron chi connectivity index (χ0n) is 14.8. The number of aromatic nitrogens is 1. The van der Waals surface area contributed by atoms with Gasteiger partial charge in [-0.1, -0.05) is 6.07 Å². The van der Waals surface area contributed by atoms with Gasteiger partial charge in [-0.15, -0.1) is 0 Å². The zero-order valence-corrected chi connectivity index (χ0v) is 14.8. The fourth-order valence-electron chi connectivity index (χ4n) is 2.67. The summed E-state index contributed by atoms with van der Waals surface area (Å²) in [4.78, 5) is 18.3. The van der Waals surface area contributed by atoms with Crippen LogP contribution in [0.1, 0.15) is 51.3 Å². The van der Waals surface area contributed by atoms with Crippen molar-refractivity contribution in [2.45, 2.75) is 65.1 Å². The Balaban J connectivity index is 1.79. The molecule has 23 heavy (non-hydrogen) atoms. The molecular weight excluding hydrogens is 290 g/mol. The molecule has 0 radical (unpaired) electrons. The molecule has 128 valence electrons. The van der Waals surface area contributed by atoms with Gasteiger partial charge < -0.3 is 15.0 Å². The Hall–Kier alpha value is -1.62. The molecule has 2 rings (SSSR count). The summed E-state index contributed by atoms with van der Waals surface area (Å²) < 4.78 is 5.47. The van der Waals surface area contributed by atoms with Gasteiger partial charge >= 0.3 is 6.09 Å². The van der Waals surface area contributed by atoms with Crippen LogP contribution in [0.2, 0.25) is 0 Å². The van der Waals surface area contributed by atoms with E-state index in [1.807, 2.05) is 44.9 Å². The average molecular weight is 319 g/mol. The largest absolute Gasteiger partial charge is 0.444 e. The van der Waals surface area contributed by atoms with Crippen molar-refractivity contribution in [3.8, 4) is 0 Å². The Morgan fingerprint density at radius 2 is 2.13 bits per heavy atom. The first-order valence-corrected chi connectivity index (χ1v) is 8.46. The van der Waals surface area contributed by atoms with Crippen LogP contribution < -0.4 is 5.32 Å². The zero-order chi connectivity index (χ0) is 16.9. The van der Waals surface area contributed by atoms with Gasteiger partial charge in [-0.05, 0) is 58.6 Å². The van der Waals surface area contributed by atoms with Crippen LogP contribution in [0.4, 0.5) is 4.79 Å². The minimum absolute atomic E-state index is 0.194. The third-order valence-electron chi connectivity index (χ3n) is 3.95. The molecule has 0 spiro atoms. The van der Waals surface area contributed by atoms with E-state index in [0.717, 1.165) is 44.6 Å². The molecule has 1 N–H and O–H groups in total. The van der Waals surface area contributed by atoms with Gasteiger partial charge in [0, 0.05) is 37.6 Å². The third-order valence-corrected chi connectivity index (χ3v) is 3.95. The van der Waals surface area contributed by atoms with Gasteiger partial charge in [0.15, 0.2) is 0 Å². The number of likely N-dealkylation sites (tertiary alicyclic amines) is 1. The molecule has 1 atom stereocenters. The van der Waals surface area contributed by atoms with Gasteiger partial charge in [0.1, 0.15) is 5.60 Å². The number of ether oxygens (including phenoxy) is 1. The van der Waals surface area contributed by atoms with Crippen molar-refractivity contribution in [2.24, 2.45) is 0 Å². The maximum Gasteiger partial charge on any atom is 0.410 e. The van der Waals surface area contributed by atoms with E-state index < -0.39 is 5.60 Å². The second-order valence-corrected chi connectivity index (χ2v) is 7.28. The number of amides is 1. The first-order chi connectivity index (χ1) is 10.8. The molecule has 5 nitrogen and oxygen atoms in total. The first kappa shape index (κ1) is 17.7. The van der Waals surface area contributed by atoms with Crippen LogP contribution in [-0.2, 0) is 11.3 Å². The normalized spacial score (nSPS) is 19.3. The highest BCUT2D eigenvalue weighted by Gasteiger charge is 2.24. The van der Waals surface area contributed by atoms with Crippen molar-refractivity contribution >= 4 is 6.09 Å². The monoisotopic (exact) mass is 319 g/mol. The molecule has 1 amide bonds. The van der Waals surface area contributed by atoms with E-state index >= 15 is 0 Å². The van der Waals surface area contributed by atoms with Crippen molar-refractivity contribution in [2.75, 3.05) is 13.1 Å². The number of carbonyl (C=O) groups is 1. The summed E-state index contributed by atoms with van der Waals surface area (Å²) >= 11 is 0. The fraction of sp³-hybridized carbons (Fsp3) is 0.667. The Morgan fingerprint density at radius 1 is 1.35 bits per heavy atom. The smallest absolute Gasteiger partial charge is 0.410 e. The second-order valence-electron chi connectivity index (χ2n) is 7.28. The number of pyridine rings is 1. The highest BCUT2D eigenvalue weighted by molar-refractivity contribution is 5.68. The van der Waals surface area contributed by atoms with Crippen molar-refractivity contribution < 1.29 is 9.53 Å². The molecule has 1 aromatic rings. The standard InChI is InChI=1S/C18H29N3O2/c1-14-7-8-15(12-19-14)13-20-16-6-5-10-21(11-9-16)17(22)23-18(2,3)4/h7-8,12,16,20H,5-6,9-11,13H2,1-4H3. The third kappa shape index (κ3) is 6.18. The van der Waals surface area contributed by atoms with E-state index in [0.29, 0.717) is 6.04 Å². The van der Waals surface area contributed by atoms with Crippen LogP contribution in [0.3, 0.4) is 0 Å².